The van der Waals surface area contributed by atoms with E-state index in [0.717, 1.165) is 0 Å². The number of nitrogens with one attached hydrogen (secondary N) is 1. The minimum atomic E-state index is -4.13. The summed E-state index contributed by atoms with van der Waals surface area (Å²) in [5, 5.41) is 0. The quantitative estimate of drug-likeness (QED) is 0.770. The third kappa shape index (κ3) is 3.24. The molecule has 0 aliphatic heterocycles. The predicted molar refractivity (Wildman–Crippen MR) is 50.7 cm³/mol. The second kappa shape index (κ2) is 4.54. The average molecular weight is 250 g/mol. The normalized spacial score (nSPS) is 11.4. The van der Waals surface area contributed by atoms with Crippen molar-refractivity contribution in [2.75, 3.05) is 6.54 Å². The lowest BCUT2D eigenvalue weighted by molar-refractivity contribution is -0.116. The third-order valence-corrected chi connectivity index (χ3v) is 2.96. The minimum absolute atomic E-state index is 0.535. The summed E-state index contributed by atoms with van der Waals surface area (Å²) < 4.78 is 50.0. The summed E-state index contributed by atoms with van der Waals surface area (Å²) in [6.45, 7) is -0.638. The fourth-order valence-electron chi connectivity index (χ4n) is 0.933. The Bertz CT molecular complexity index is 496. The molecule has 3 N–H and O–H groups in total. The first-order chi connectivity index (χ1) is 7.31. The van der Waals surface area contributed by atoms with Crippen molar-refractivity contribution in [3.8, 4) is 0 Å². The van der Waals surface area contributed by atoms with Gasteiger partial charge in [-0.3, -0.25) is 4.79 Å². The first-order valence-electron chi connectivity index (χ1n) is 4.05. The molecule has 0 unspecified atom stereocenters. The van der Waals surface area contributed by atoms with Crippen LogP contribution in [0.5, 0.6) is 0 Å². The number of amides is 1. The fourth-order valence-corrected chi connectivity index (χ4v) is 1.97. The topological polar surface area (TPSA) is 89.3 Å². The Morgan fingerprint density at radius 2 is 1.75 bits per heavy atom. The van der Waals surface area contributed by atoms with E-state index in [1.165, 1.54) is 0 Å². The number of sulfonamides is 1. The molecule has 0 bridgehead atoms. The van der Waals surface area contributed by atoms with Gasteiger partial charge in [-0.25, -0.2) is 21.9 Å². The van der Waals surface area contributed by atoms with Gasteiger partial charge in [0.05, 0.1) is 11.4 Å². The van der Waals surface area contributed by atoms with Crippen LogP contribution in [0, 0.1) is 11.6 Å². The molecule has 0 saturated carbocycles. The van der Waals surface area contributed by atoms with Crippen LogP contribution in [0.25, 0.3) is 0 Å². The first kappa shape index (κ1) is 12.5. The van der Waals surface area contributed by atoms with Crippen molar-refractivity contribution < 1.29 is 22.0 Å². The van der Waals surface area contributed by atoms with Crippen LogP contribution in [0.3, 0.4) is 0 Å². The highest BCUT2D eigenvalue weighted by molar-refractivity contribution is 7.89. The van der Waals surface area contributed by atoms with Gasteiger partial charge in [-0.05, 0) is 12.1 Å². The molecule has 0 saturated heterocycles. The summed E-state index contributed by atoms with van der Waals surface area (Å²) >= 11 is 0. The molecule has 1 rings (SSSR count). The van der Waals surface area contributed by atoms with Crippen LogP contribution in [0.15, 0.2) is 23.1 Å². The largest absolute Gasteiger partial charge is 0.369 e. The van der Waals surface area contributed by atoms with Crippen LogP contribution >= 0.6 is 0 Å². The lowest BCUT2D eigenvalue weighted by atomic mass is 10.3. The SMILES string of the molecule is NC(=O)CNS(=O)(=O)c1cc(F)cc(F)c1. The maximum absolute atomic E-state index is 12.7. The number of benzene rings is 1. The Hall–Kier alpha value is -1.54. The molecule has 0 aliphatic rings. The molecule has 5 nitrogen and oxygen atoms in total. The molecule has 0 aliphatic carbocycles. The summed E-state index contributed by atoms with van der Waals surface area (Å²) in [6, 6.07) is 1.80. The van der Waals surface area contributed by atoms with Crippen LogP contribution in [0.4, 0.5) is 8.78 Å². The van der Waals surface area contributed by atoms with Crippen molar-refractivity contribution in [2.45, 2.75) is 4.90 Å². The molecule has 1 aromatic rings. The highest BCUT2D eigenvalue weighted by atomic mass is 32.2. The van der Waals surface area contributed by atoms with Gasteiger partial charge in [0.2, 0.25) is 15.9 Å². The van der Waals surface area contributed by atoms with Gasteiger partial charge in [-0.15, -0.1) is 0 Å². The van der Waals surface area contributed by atoms with Crippen molar-refractivity contribution in [1.82, 2.24) is 4.72 Å². The van der Waals surface area contributed by atoms with Crippen LogP contribution in [0.2, 0.25) is 0 Å². The molecular formula is C8H8F2N2O3S. The van der Waals surface area contributed by atoms with Crippen LogP contribution in [0.1, 0.15) is 0 Å². The number of primary amides is 1. The Morgan fingerprint density at radius 3 is 2.19 bits per heavy atom. The van der Waals surface area contributed by atoms with E-state index >= 15 is 0 Å². The first-order valence-corrected chi connectivity index (χ1v) is 5.53. The number of rotatable bonds is 4. The molecular weight excluding hydrogens is 242 g/mol. The van der Waals surface area contributed by atoms with Gasteiger partial charge in [0.15, 0.2) is 0 Å². The van der Waals surface area contributed by atoms with Gasteiger partial charge in [0.1, 0.15) is 11.6 Å². The van der Waals surface area contributed by atoms with Crippen molar-refractivity contribution in [3.05, 3.63) is 29.8 Å². The molecule has 0 heterocycles. The minimum Gasteiger partial charge on any atom is -0.369 e. The maximum Gasteiger partial charge on any atom is 0.241 e. The number of carbonyl (C=O) groups excluding carboxylic acids is 1. The van der Waals surface area contributed by atoms with Crippen molar-refractivity contribution in [1.29, 1.82) is 0 Å². The second-order valence-electron chi connectivity index (χ2n) is 2.90. The number of hydrogen-bond acceptors (Lipinski definition) is 3. The van der Waals surface area contributed by atoms with Crippen molar-refractivity contribution >= 4 is 15.9 Å². The van der Waals surface area contributed by atoms with Gasteiger partial charge < -0.3 is 5.73 Å². The number of halogens is 2. The van der Waals surface area contributed by atoms with E-state index in [1.807, 2.05) is 0 Å². The number of hydrogen-bond donors (Lipinski definition) is 2. The molecule has 0 spiro atoms. The summed E-state index contributed by atoms with van der Waals surface area (Å²) in [5.41, 5.74) is 4.72. The summed E-state index contributed by atoms with van der Waals surface area (Å²) in [7, 11) is -4.13. The molecule has 1 aromatic carbocycles. The van der Waals surface area contributed by atoms with Gasteiger partial charge in [-0.1, -0.05) is 0 Å². The van der Waals surface area contributed by atoms with Gasteiger partial charge >= 0.3 is 0 Å². The van der Waals surface area contributed by atoms with E-state index in [-0.39, 0.29) is 0 Å². The zero-order valence-corrected chi connectivity index (χ0v) is 8.72. The highest BCUT2D eigenvalue weighted by Gasteiger charge is 2.16. The second-order valence-corrected chi connectivity index (χ2v) is 4.66. The number of carbonyl (C=O) groups is 1. The van der Waals surface area contributed by atoms with Gasteiger partial charge in [0, 0.05) is 6.07 Å². The smallest absolute Gasteiger partial charge is 0.241 e. The molecule has 8 heteroatoms. The van der Waals surface area contributed by atoms with Crippen molar-refractivity contribution in [3.63, 3.8) is 0 Å². The summed E-state index contributed by atoms with van der Waals surface area (Å²) in [5.74, 6) is -2.96. The third-order valence-electron chi connectivity index (χ3n) is 1.58. The maximum atomic E-state index is 12.7. The van der Waals surface area contributed by atoms with E-state index in [0.29, 0.717) is 18.2 Å². The van der Waals surface area contributed by atoms with Crippen molar-refractivity contribution in [2.24, 2.45) is 5.73 Å². The standard InChI is InChI=1S/C8H8F2N2O3S/c9-5-1-6(10)3-7(2-5)16(14,15)12-4-8(11)13/h1-3,12H,4H2,(H2,11,13). The molecule has 0 fully saturated rings. The molecule has 0 aromatic heterocycles. The van der Waals surface area contributed by atoms with Crippen LogP contribution in [-0.4, -0.2) is 20.9 Å². The molecule has 88 valence electrons. The predicted octanol–water partition coefficient (Wildman–Crippen LogP) is -0.272. The zero-order chi connectivity index (χ0) is 12.3. The summed E-state index contributed by atoms with van der Waals surface area (Å²) in [6.07, 6.45) is 0. The molecule has 0 radical (unpaired) electrons. The molecule has 16 heavy (non-hydrogen) atoms. The summed E-state index contributed by atoms with van der Waals surface area (Å²) in [4.78, 5) is 9.75. The van der Waals surface area contributed by atoms with Crippen LogP contribution in [-0.2, 0) is 14.8 Å². The van der Waals surface area contributed by atoms with Crippen LogP contribution < -0.4 is 10.5 Å². The molecule has 1 amide bonds. The Labute approximate surface area is 90.3 Å². The zero-order valence-electron chi connectivity index (χ0n) is 7.91. The Morgan fingerprint density at radius 1 is 1.25 bits per heavy atom. The lowest BCUT2D eigenvalue weighted by Gasteiger charge is -2.04. The van der Waals surface area contributed by atoms with Gasteiger partial charge in [0.25, 0.3) is 0 Å². The van der Waals surface area contributed by atoms with E-state index in [2.05, 4.69) is 0 Å². The Kier molecular flexibility index (Phi) is 3.55. The van der Waals surface area contributed by atoms with E-state index in [1.54, 1.807) is 4.72 Å². The monoisotopic (exact) mass is 250 g/mol. The highest BCUT2D eigenvalue weighted by Crippen LogP contribution is 2.12. The average Bonchev–Trinajstić information content (AvgIpc) is 2.13. The van der Waals surface area contributed by atoms with Gasteiger partial charge in [-0.2, -0.15) is 0 Å². The Balaban J connectivity index is 3.02. The molecule has 0 atom stereocenters. The van der Waals surface area contributed by atoms with E-state index < -0.39 is 39.0 Å². The number of nitrogens with two attached hydrogens (primary N) is 1. The lowest BCUT2D eigenvalue weighted by Crippen LogP contribution is -2.33. The van der Waals surface area contributed by atoms with E-state index in [4.69, 9.17) is 5.73 Å². The van der Waals surface area contributed by atoms with E-state index in [9.17, 15) is 22.0 Å². The fraction of sp³-hybridized carbons (Fsp3) is 0.125.